The van der Waals surface area contributed by atoms with E-state index in [0.717, 1.165) is 32.1 Å². The number of nitrogens with one attached hydrogen (secondary N) is 1. The number of methoxy groups -OCH3 is 2. The van der Waals surface area contributed by atoms with Crippen LogP contribution in [0.3, 0.4) is 0 Å². The van der Waals surface area contributed by atoms with Gasteiger partial charge in [0.15, 0.2) is 0 Å². The highest BCUT2D eigenvalue weighted by Gasteiger charge is 2.40. The summed E-state index contributed by atoms with van der Waals surface area (Å²) >= 11 is 0. The summed E-state index contributed by atoms with van der Waals surface area (Å²) < 4.78 is 10.5. The van der Waals surface area contributed by atoms with Gasteiger partial charge in [-0.1, -0.05) is 19.3 Å². The summed E-state index contributed by atoms with van der Waals surface area (Å²) in [5.74, 6) is -0.172. The molecule has 2 fully saturated rings. The Balaban J connectivity index is 1.95. The van der Waals surface area contributed by atoms with Crippen LogP contribution in [0.4, 0.5) is 4.79 Å². The van der Waals surface area contributed by atoms with Crippen molar-refractivity contribution in [1.82, 2.24) is 10.2 Å². The molecule has 1 aliphatic heterocycles. The zero-order valence-corrected chi connectivity index (χ0v) is 14.9. The molecule has 26 heavy (non-hydrogen) atoms. The monoisotopic (exact) mass is 358 g/mol. The van der Waals surface area contributed by atoms with Crippen LogP contribution in [0.25, 0.3) is 6.08 Å². The number of carbonyl (C=O) groups is 3. The third-order valence-corrected chi connectivity index (χ3v) is 4.81. The minimum Gasteiger partial charge on any atom is -0.497 e. The van der Waals surface area contributed by atoms with Crippen LogP contribution in [0.15, 0.2) is 23.8 Å². The van der Waals surface area contributed by atoms with Crippen LogP contribution >= 0.6 is 0 Å². The van der Waals surface area contributed by atoms with E-state index < -0.39 is 17.8 Å². The van der Waals surface area contributed by atoms with Crippen LogP contribution < -0.4 is 14.8 Å². The molecule has 0 radical (unpaired) electrons. The van der Waals surface area contributed by atoms with Crippen molar-refractivity contribution < 1.29 is 23.9 Å². The number of urea groups is 1. The van der Waals surface area contributed by atoms with E-state index in [1.807, 2.05) is 0 Å². The van der Waals surface area contributed by atoms with Crippen molar-refractivity contribution in [3.63, 3.8) is 0 Å². The molecule has 4 amide bonds. The fraction of sp³-hybridized carbons (Fsp3) is 0.421. The lowest BCUT2D eigenvalue weighted by molar-refractivity contribution is -0.132. The molecule has 7 nitrogen and oxygen atoms in total. The Kier molecular flexibility index (Phi) is 5.25. The maximum Gasteiger partial charge on any atom is 0.331 e. The van der Waals surface area contributed by atoms with Crippen molar-refractivity contribution in [2.24, 2.45) is 0 Å². The van der Waals surface area contributed by atoms with E-state index in [4.69, 9.17) is 9.47 Å². The third kappa shape index (κ3) is 3.42. The predicted molar refractivity (Wildman–Crippen MR) is 94.8 cm³/mol. The Bertz CT molecular complexity index is 765. The van der Waals surface area contributed by atoms with E-state index in [2.05, 4.69) is 5.32 Å². The van der Waals surface area contributed by atoms with Gasteiger partial charge in [-0.25, -0.2) is 4.79 Å². The van der Waals surface area contributed by atoms with E-state index in [0.29, 0.717) is 17.1 Å². The Morgan fingerprint density at radius 3 is 2.46 bits per heavy atom. The Morgan fingerprint density at radius 2 is 1.81 bits per heavy atom. The molecule has 0 atom stereocenters. The van der Waals surface area contributed by atoms with Gasteiger partial charge >= 0.3 is 6.03 Å². The first-order chi connectivity index (χ1) is 12.5. The topological polar surface area (TPSA) is 84.9 Å². The summed E-state index contributed by atoms with van der Waals surface area (Å²) in [5, 5.41) is 2.28. The molecule has 0 spiro atoms. The molecule has 1 saturated heterocycles. The molecule has 138 valence electrons. The van der Waals surface area contributed by atoms with Gasteiger partial charge in [-0.15, -0.1) is 0 Å². The standard InChI is InChI=1S/C19H22N2O5/c1-25-14-9-8-12(16(11-14)26-2)10-15-17(22)20-19(24)21(18(15)23)13-6-4-3-5-7-13/h8-11,13H,3-7H2,1-2H3,(H,20,22,24)/b15-10+. The molecular weight excluding hydrogens is 336 g/mol. The summed E-state index contributed by atoms with van der Waals surface area (Å²) in [7, 11) is 3.04. The smallest absolute Gasteiger partial charge is 0.331 e. The van der Waals surface area contributed by atoms with E-state index in [9.17, 15) is 14.4 Å². The number of hydrogen-bond donors (Lipinski definition) is 1. The van der Waals surface area contributed by atoms with Crippen LogP contribution in [0.1, 0.15) is 37.7 Å². The van der Waals surface area contributed by atoms with Crippen LogP contribution in [-0.2, 0) is 9.59 Å². The highest BCUT2D eigenvalue weighted by molar-refractivity contribution is 6.31. The predicted octanol–water partition coefficient (Wildman–Crippen LogP) is 2.50. The molecule has 1 N–H and O–H groups in total. The van der Waals surface area contributed by atoms with Gasteiger partial charge in [0.25, 0.3) is 11.8 Å². The van der Waals surface area contributed by atoms with Gasteiger partial charge in [-0.2, -0.15) is 0 Å². The Labute approximate surface area is 151 Å². The van der Waals surface area contributed by atoms with Crippen LogP contribution in [0.5, 0.6) is 11.5 Å². The summed E-state index contributed by atoms with van der Waals surface area (Å²) in [4.78, 5) is 38.6. The van der Waals surface area contributed by atoms with Gasteiger partial charge < -0.3 is 9.47 Å². The van der Waals surface area contributed by atoms with Crippen LogP contribution in [0, 0.1) is 0 Å². The lowest BCUT2D eigenvalue weighted by atomic mass is 9.93. The minimum atomic E-state index is -0.690. The van der Waals surface area contributed by atoms with E-state index >= 15 is 0 Å². The number of benzene rings is 1. The first-order valence-electron chi connectivity index (χ1n) is 8.67. The summed E-state index contributed by atoms with van der Waals surface area (Å²) in [5.41, 5.74) is 0.489. The Morgan fingerprint density at radius 1 is 1.08 bits per heavy atom. The van der Waals surface area contributed by atoms with Crippen molar-refractivity contribution >= 4 is 23.9 Å². The number of imide groups is 2. The molecule has 0 unspecified atom stereocenters. The number of amides is 4. The fourth-order valence-corrected chi connectivity index (χ4v) is 3.44. The zero-order chi connectivity index (χ0) is 18.7. The number of barbiturate groups is 1. The van der Waals surface area contributed by atoms with Gasteiger partial charge in [-0.3, -0.25) is 19.8 Å². The normalized spacial score (nSPS) is 20.3. The van der Waals surface area contributed by atoms with Gasteiger partial charge in [-0.05, 0) is 31.1 Å². The van der Waals surface area contributed by atoms with Gasteiger partial charge in [0.2, 0.25) is 0 Å². The fourth-order valence-electron chi connectivity index (χ4n) is 3.44. The molecule has 1 aromatic rings. The SMILES string of the molecule is COc1ccc(/C=C2\C(=O)NC(=O)N(C3CCCCC3)C2=O)c(OC)c1. The highest BCUT2D eigenvalue weighted by atomic mass is 16.5. The highest BCUT2D eigenvalue weighted by Crippen LogP contribution is 2.29. The molecule has 3 rings (SSSR count). The van der Waals surface area contributed by atoms with Gasteiger partial charge in [0.1, 0.15) is 17.1 Å². The molecule has 0 bridgehead atoms. The van der Waals surface area contributed by atoms with Crippen LogP contribution in [0.2, 0.25) is 0 Å². The lowest BCUT2D eigenvalue weighted by Gasteiger charge is -2.35. The number of nitrogens with zero attached hydrogens (tertiary/aromatic N) is 1. The van der Waals surface area contributed by atoms with Crippen LogP contribution in [-0.4, -0.2) is 43.0 Å². The lowest BCUT2D eigenvalue weighted by Crippen LogP contribution is -2.58. The first kappa shape index (κ1) is 18.0. The maximum atomic E-state index is 12.9. The zero-order valence-electron chi connectivity index (χ0n) is 14.9. The van der Waals surface area contributed by atoms with Crippen molar-refractivity contribution in [3.8, 4) is 11.5 Å². The van der Waals surface area contributed by atoms with E-state index in [1.165, 1.54) is 18.1 Å². The molecule has 1 aliphatic carbocycles. The summed E-state index contributed by atoms with van der Waals surface area (Å²) in [6.45, 7) is 0. The number of ether oxygens (including phenoxy) is 2. The van der Waals surface area contributed by atoms with Gasteiger partial charge in [0.05, 0.1) is 14.2 Å². The first-order valence-corrected chi connectivity index (χ1v) is 8.67. The quantitative estimate of drug-likeness (QED) is 0.660. The van der Waals surface area contributed by atoms with E-state index in [-0.39, 0.29) is 11.6 Å². The van der Waals surface area contributed by atoms with Crippen molar-refractivity contribution in [2.45, 2.75) is 38.1 Å². The number of carbonyl (C=O) groups excluding carboxylic acids is 3. The average molecular weight is 358 g/mol. The third-order valence-electron chi connectivity index (χ3n) is 4.81. The Hall–Kier alpha value is -2.83. The molecular formula is C19H22N2O5. The van der Waals surface area contributed by atoms with Gasteiger partial charge in [0, 0.05) is 17.7 Å². The van der Waals surface area contributed by atoms with Crippen molar-refractivity contribution in [1.29, 1.82) is 0 Å². The largest absolute Gasteiger partial charge is 0.497 e. The van der Waals surface area contributed by atoms with Crippen molar-refractivity contribution in [3.05, 3.63) is 29.3 Å². The number of hydrogen-bond acceptors (Lipinski definition) is 5. The summed E-state index contributed by atoms with van der Waals surface area (Å²) in [6, 6.07) is 4.29. The molecule has 0 aromatic heterocycles. The average Bonchev–Trinajstić information content (AvgIpc) is 2.65. The molecule has 1 heterocycles. The molecule has 1 saturated carbocycles. The molecule has 2 aliphatic rings. The second-order valence-corrected chi connectivity index (χ2v) is 6.39. The maximum absolute atomic E-state index is 12.9. The van der Waals surface area contributed by atoms with Crippen molar-refractivity contribution in [2.75, 3.05) is 14.2 Å². The second kappa shape index (κ2) is 7.59. The minimum absolute atomic E-state index is 0.0707. The second-order valence-electron chi connectivity index (χ2n) is 6.39. The number of rotatable bonds is 4. The molecule has 7 heteroatoms. The van der Waals surface area contributed by atoms with E-state index in [1.54, 1.807) is 25.3 Å². The summed E-state index contributed by atoms with van der Waals surface area (Å²) in [6.07, 6.45) is 6.05. The molecule has 1 aromatic carbocycles.